The van der Waals surface area contributed by atoms with E-state index >= 15 is 0 Å². The van der Waals surface area contributed by atoms with Crippen LogP contribution in [0.5, 0.6) is 0 Å². The zero-order valence-corrected chi connectivity index (χ0v) is 10.8. The van der Waals surface area contributed by atoms with E-state index in [0.29, 0.717) is 5.41 Å². The summed E-state index contributed by atoms with van der Waals surface area (Å²) in [6.07, 6.45) is 3.54. The molecule has 0 bridgehead atoms. The van der Waals surface area contributed by atoms with E-state index in [4.69, 9.17) is 4.74 Å². The maximum absolute atomic E-state index is 5.40. The minimum atomic E-state index is 0.452. The average Bonchev–Trinajstić information content (AvgIpc) is 2.78. The Bertz CT molecular complexity index is 291. The van der Waals surface area contributed by atoms with E-state index in [9.17, 15) is 0 Å². The van der Waals surface area contributed by atoms with Crippen LogP contribution < -0.4 is 5.32 Å². The van der Waals surface area contributed by atoms with E-state index in [1.807, 2.05) is 11.3 Å². The van der Waals surface area contributed by atoms with Crippen molar-refractivity contribution in [2.45, 2.75) is 26.2 Å². The van der Waals surface area contributed by atoms with Crippen LogP contribution in [0.1, 0.15) is 24.6 Å². The van der Waals surface area contributed by atoms with Crippen LogP contribution in [0, 0.1) is 5.41 Å². The molecule has 3 heteroatoms. The van der Waals surface area contributed by atoms with Crippen molar-refractivity contribution < 1.29 is 4.74 Å². The Kier molecular flexibility index (Phi) is 4.38. The Balaban J connectivity index is 1.63. The van der Waals surface area contributed by atoms with Crippen LogP contribution in [0.3, 0.4) is 0 Å². The van der Waals surface area contributed by atoms with Gasteiger partial charge in [-0.2, -0.15) is 0 Å². The van der Waals surface area contributed by atoms with Crippen molar-refractivity contribution in [1.29, 1.82) is 0 Å². The van der Waals surface area contributed by atoms with E-state index in [0.717, 1.165) is 32.7 Å². The number of hydrogen-bond acceptors (Lipinski definition) is 3. The second-order valence-corrected chi connectivity index (χ2v) is 5.96. The SMILES string of the molecule is CC1(CNCCc2cccs2)CCOCC1. The maximum Gasteiger partial charge on any atom is 0.0471 e. The fourth-order valence-corrected chi connectivity index (χ4v) is 2.81. The molecule has 2 heterocycles. The van der Waals surface area contributed by atoms with Crippen molar-refractivity contribution in [2.75, 3.05) is 26.3 Å². The average molecular weight is 239 g/mol. The fraction of sp³-hybridized carbons (Fsp3) is 0.692. The molecule has 1 N–H and O–H groups in total. The Morgan fingerprint density at radius 1 is 1.44 bits per heavy atom. The summed E-state index contributed by atoms with van der Waals surface area (Å²) >= 11 is 1.85. The van der Waals surface area contributed by atoms with Crippen LogP contribution in [0.2, 0.25) is 0 Å². The number of hydrogen-bond donors (Lipinski definition) is 1. The molecule has 1 aliphatic rings. The molecule has 1 saturated heterocycles. The van der Waals surface area contributed by atoms with Gasteiger partial charge in [0.1, 0.15) is 0 Å². The van der Waals surface area contributed by atoms with Gasteiger partial charge in [0.15, 0.2) is 0 Å². The van der Waals surface area contributed by atoms with Crippen LogP contribution in [0.25, 0.3) is 0 Å². The lowest BCUT2D eigenvalue weighted by Crippen LogP contribution is -2.37. The summed E-state index contributed by atoms with van der Waals surface area (Å²) in [6.45, 7) is 6.46. The van der Waals surface area contributed by atoms with Gasteiger partial charge in [0.2, 0.25) is 0 Å². The summed E-state index contributed by atoms with van der Waals surface area (Å²) in [5, 5.41) is 5.73. The summed E-state index contributed by atoms with van der Waals surface area (Å²) < 4.78 is 5.40. The van der Waals surface area contributed by atoms with Crippen LogP contribution >= 0.6 is 11.3 Å². The van der Waals surface area contributed by atoms with Gasteiger partial charge >= 0.3 is 0 Å². The first-order chi connectivity index (χ1) is 7.79. The van der Waals surface area contributed by atoms with Crippen LogP contribution in [0.15, 0.2) is 17.5 Å². The Hall–Kier alpha value is -0.380. The summed E-state index contributed by atoms with van der Waals surface area (Å²) in [5.74, 6) is 0. The first-order valence-corrected chi connectivity index (χ1v) is 6.97. The molecule has 16 heavy (non-hydrogen) atoms. The van der Waals surface area contributed by atoms with E-state index in [1.165, 1.54) is 17.7 Å². The van der Waals surface area contributed by atoms with E-state index in [1.54, 1.807) is 0 Å². The largest absolute Gasteiger partial charge is 0.381 e. The van der Waals surface area contributed by atoms with Crippen molar-refractivity contribution >= 4 is 11.3 Å². The molecule has 0 amide bonds. The van der Waals surface area contributed by atoms with Crippen LogP contribution in [-0.2, 0) is 11.2 Å². The molecule has 2 rings (SSSR count). The van der Waals surface area contributed by atoms with Gasteiger partial charge in [-0.15, -0.1) is 11.3 Å². The van der Waals surface area contributed by atoms with Gasteiger partial charge in [0.25, 0.3) is 0 Å². The first-order valence-electron chi connectivity index (χ1n) is 6.09. The molecule has 1 aromatic rings. The van der Waals surface area contributed by atoms with E-state index in [-0.39, 0.29) is 0 Å². The van der Waals surface area contributed by atoms with Gasteiger partial charge in [-0.3, -0.25) is 0 Å². The molecule has 1 fully saturated rings. The molecule has 0 spiro atoms. The Morgan fingerprint density at radius 2 is 2.25 bits per heavy atom. The molecule has 0 aromatic carbocycles. The topological polar surface area (TPSA) is 21.3 Å². The zero-order valence-electron chi connectivity index (χ0n) is 10.00. The smallest absolute Gasteiger partial charge is 0.0471 e. The number of thiophene rings is 1. The Labute approximate surface area is 102 Å². The minimum absolute atomic E-state index is 0.452. The Morgan fingerprint density at radius 3 is 2.94 bits per heavy atom. The molecule has 0 aliphatic carbocycles. The summed E-state index contributed by atoms with van der Waals surface area (Å²) in [7, 11) is 0. The van der Waals surface area contributed by atoms with Gasteiger partial charge in [0.05, 0.1) is 0 Å². The molecule has 0 saturated carbocycles. The highest BCUT2D eigenvalue weighted by Crippen LogP contribution is 2.28. The minimum Gasteiger partial charge on any atom is -0.381 e. The van der Waals surface area contributed by atoms with E-state index < -0.39 is 0 Å². The quantitative estimate of drug-likeness (QED) is 0.798. The number of nitrogens with one attached hydrogen (secondary N) is 1. The summed E-state index contributed by atoms with van der Waals surface area (Å²) in [5.41, 5.74) is 0.452. The van der Waals surface area contributed by atoms with Gasteiger partial charge in [-0.05, 0) is 42.7 Å². The fourth-order valence-electron chi connectivity index (χ4n) is 2.10. The highest BCUT2D eigenvalue weighted by molar-refractivity contribution is 7.09. The lowest BCUT2D eigenvalue weighted by molar-refractivity contribution is 0.0242. The molecular formula is C13H21NOS. The second kappa shape index (κ2) is 5.80. The number of rotatable bonds is 5. The van der Waals surface area contributed by atoms with E-state index in [2.05, 4.69) is 29.8 Å². The van der Waals surface area contributed by atoms with Crippen molar-refractivity contribution in [2.24, 2.45) is 5.41 Å². The van der Waals surface area contributed by atoms with Crippen LogP contribution in [0.4, 0.5) is 0 Å². The third-order valence-corrected chi connectivity index (χ3v) is 4.32. The molecule has 0 unspecified atom stereocenters. The third kappa shape index (κ3) is 3.58. The molecule has 90 valence electrons. The highest BCUT2D eigenvalue weighted by Gasteiger charge is 2.26. The third-order valence-electron chi connectivity index (χ3n) is 3.38. The van der Waals surface area contributed by atoms with Gasteiger partial charge in [-0.25, -0.2) is 0 Å². The molecular weight excluding hydrogens is 218 g/mol. The maximum atomic E-state index is 5.40. The number of ether oxygens (including phenoxy) is 1. The lowest BCUT2D eigenvalue weighted by atomic mass is 9.82. The zero-order chi connectivity index (χ0) is 11.3. The lowest BCUT2D eigenvalue weighted by Gasteiger charge is -2.33. The van der Waals surface area contributed by atoms with Crippen LogP contribution in [-0.4, -0.2) is 26.3 Å². The molecule has 2 nitrogen and oxygen atoms in total. The van der Waals surface area contributed by atoms with Crippen molar-refractivity contribution in [1.82, 2.24) is 5.32 Å². The molecule has 0 radical (unpaired) electrons. The normalized spacial score (nSPS) is 19.8. The second-order valence-electron chi connectivity index (χ2n) is 4.93. The summed E-state index contributed by atoms with van der Waals surface area (Å²) in [6, 6.07) is 4.34. The monoisotopic (exact) mass is 239 g/mol. The van der Waals surface area contributed by atoms with Crippen molar-refractivity contribution in [3.8, 4) is 0 Å². The molecule has 1 aliphatic heterocycles. The van der Waals surface area contributed by atoms with Gasteiger partial charge in [0, 0.05) is 24.6 Å². The molecule has 0 atom stereocenters. The van der Waals surface area contributed by atoms with Crippen molar-refractivity contribution in [3.63, 3.8) is 0 Å². The molecule has 1 aromatic heterocycles. The van der Waals surface area contributed by atoms with Crippen molar-refractivity contribution in [3.05, 3.63) is 22.4 Å². The summed E-state index contributed by atoms with van der Waals surface area (Å²) in [4.78, 5) is 1.48. The highest BCUT2D eigenvalue weighted by atomic mass is 32.1. The van der Waals surface area contributed by atoms with Gasteiger partial charge in [-0.1, -0.05) is 13.0 Å². The first kappa shape index (κ1) is 12.1. The predicted molar refractivity (Wildman–Crippen MR) is 69.1 cm³/mol. The predicted octanol–water partition coefficient (Wildman–Crippen LogP) is 2.70. The van der Waals surface area contributed by atoms with Gasteiger partial charge < -0.3 is 10.1 Å². The standard InChI is InChI=1S/C13H21NOS/c1-13(5-8-15-9-6-13)11-14-7-4-12-3-2-10-16-12/h2-3,10,14H,4-9,11H2,1H3.